The number of nitrogens with zero attached hydrogens (tertiary/aromatic N) is 1. The summed E-state index contributed by atoms with van der Waals surface area (Å²) in [7, 11) is 3.55. The van der Waals surface area contributed by atoms with Crippen molar-refractivity contribution >= 4 is 43.8 Å². The number of thiophene rings is 1. The molecule has 0 bridgehead atoms. The van der Waals surface area contributed by atoms with Crippen molar-refractivity contribution in [2.24, 2.45) is 0 Å². The van der Waals surface area contributed by atoms with E-state index in [4.69, 9.17) is 4.74 Å². The van der Waals surface area contributed by atoms with Gasteiger partial charge < -0.3 is 15.4 Å². The molecule has 0 amide bonds. The highest BCUT2D eigenvalue weighted by molar-refractivity contribution is 7.21. The number of hydrogen-bond donors (Lipinski definition) is 2. The number of benzene rings is 1. The number of anilines is 1. The predicted octanol–water partition coefficient (Wildman–Crippen LogP) is 3.95. The molecule has 0 spiro atoms. The molecule has 0 aliphatic carbocycles. The molecule has 3 rings (SSSR count). The number of likely N-dealkylation sites (N-methyl/N-ethyl adjacent to an activating group) is 1. The van der Waals surface area contributed by atoms with Crippen LogP contribution >= 0.6 is 11.3 Å². The van der Waals surface area contributed by atoms with Crippen LogP contribution in [0.3, 0.4) is 0 Å². The summed E-state index contributed by atoms with van der Waals surface area (Å²) in [4.78, 5) is 17.6. The first-order chi connectivity index (χ1) is 12.0. The third-order valence-electron chi connectivity index (χ3n) is 4.43. The van der Waals surface area contributed by atoms with E-state index in [1.165, 1.54) is 11.3 Å². The smallest absolute Gasteiger partial charge is 0.171 e. The predicted molar refractivity (Wildman–Crippen MR) is 105 cm³/mol. The number of ketones is 1. The molecular formula is C19H23N3O2S. The van der Waals surface area contributed by atoms with Crippen LogP contribution in [-0.4, -0.2) is 37.2 Å². The zero-order chi connectivity index (χ0) is 18.1. The summed E-state index contributed by atoms with van der Waals surface area (Å²) in [5.41, 5.74) is 2.73. The normalized spacial score (nSPS) is 14.0. The molecule has 0 radical (unpaired) electrons. The van der Waals surface area contributed by atoms with E-state index in [1.807, 2.05) is 39.1 Å². The Morgan fingerprint density at radius 2 is 2.04 bits per heavy atom. The number of fused-ring (bicyclic) bond motifs is 3. The van der Waals surface area contributed by atoms with Gasteiger partial charge in [0.2, 0.25) is 0 Å². The maximum absolute atomic E-state index is 12.2. The first-order valence-corrected chi connectivity index (χ1v) is 9.08. The van der Waals surface area contributed by atoms with Gasteiger partial charge in [-0.3, -0.25) is 9.78 Å². The molecule has 0 fully saturated rings. The zero-order valence-corrected chi connectivity index (χ0v) is 16.0. The second-order valence-corrected chi connectivity index (χ2v) is 7.25. The summed E-state index contributed by atoms with van der Waals surface area (Å²) in [6.07, 6.45) is -0.255. The molecule has 0 aliphatic heterocycles. The lowest BCUT2D eigenvalue weighted by atomic mass is 10.1. The molecule has 0 saturated heterocycles. The van der Waals surface area contributed by atoms with Gasteiger partial charge >= 0.3 is 0 Å². The molecule has 2 N–H and O–H groups in total. The third-order valence-corrected chi connectivity index (χ3v) is 5.69. The number of carbonyl (C=O) groups is 1. The fourth-order valence-electron chi connectivity index (χ4n) is 2.97. The minimum Gasteiger partial charge on any atom is -0.360 e. The highest BCUT2D eigenvalue weighted by Crippen LogP contribution is 2.40. The Balaban J connectivity index is 2.26. The monoisotopic (exact) mass is 357 g/mol. The largest absolute Gasteiger partial charge is 0.360 e. The van der Waals surface area contributed by atoms with Gasteiger partial charge in [-0.2, -0.15) is 0 Å². The van der Waals surface area contributed by atoms with E-state index in [9.17, 15) is 4.79 Å². The first kappa shape index (κ1) is 17.8. The van der Waals surface area contributed by atoms with E-state index >= 15 is 0 Å². The number of hydrogen-bond acceptors (Lipinski definition) is 6. The lowest BCUT2D eigenvalue weighted by Crippen LogP contribution is -2.41. The lowest BCUT2D eigenvalue weighted by Gasteiger charge is -2.24. The van der Waals surface area contributed by atoms with Crippen LogP contribution < -0.4 is 10.6 Å². The van der Waals surface area contributed by atoms with Crippen molar-refractivity contribution in [3.05, 3.63) is 34.8 Å². The number of Topliss-reactive ketones (excluding diaryl/α,β-unsaturated/α-hetero) is 1. The van der Waals surface area contributed by atoms with Gasteiger partial charge in [0.1, 0.15) is 6.23 Å². The van der Waals surface area contributed by atoms with E-state index in [0.29, 0.717) is 4.88 Å². The Bertz CT molecular complexity index is 935. The Hall–Kier alpha value is -2.02. The van der Waals surface area contributed by atoms with Crippen molar-refractivity contribution in [2.75, 3.05) is 19.5 Å². The molecule has 132 valence electrons. The van der Waals surface area contributed by atoms with Gasteiger partial charge in [0, 0.05) is 41.2 Å². The van der Waals surface area contributed by atoms with Crippen molar-refractivity contribution in [2.45, 2.75) is 33.0 Å². The minimum atomic E-state index is -0.255. The van der Waals surface area contributed by atoms with Gasteiger partial charge in [0.15, 0.2) is 5.78 Å². The number of carbonyl (C=O) groups excluding carboxylic acids is 1. The average molecular weight is 357 g/mol. The standard InChI is InChI=1S/C19H23N3O2S/c1-10-6-7-13-14(21-10)8-9-15-16(13)17(18(25-15)12(3)23)22-19(24-5)11(2)20-4/h6-9,11,19-20,22H,1-5H3. The Morgan fingerprint density at radius 1 is 1.28 bits per heavy atom. The third kappa shape index (κ3) is 3.25. The van der Waals surface area contributed by atoms with Gasteiger partial charge in [-0.15, -0.1) is 11.3 Å². The number of nitrogens with one attached hydrogen (secondary N) is 2. The summed E-state index contributed by atoms with van der Waals surface area (Å²) >= 11 is 1.51. The fraction of sp³-hybridized carbons (Fsp3) is 0.368. The van der Waals surface area contributed by atoms with Crippen molar-refractivity contribution < 1.29 is 9.53 Å². The SMILES string of the molecule is CNC(C)C(Nc1c(C(C)=O)sc2ccc3nc(C)ccc3c12)OC. The molecule has 0 saturated carbocycles. The molecule has 2 atom stereocenters. The van der Waals surface area contributed by atoms with E-state index in [-0.39, 0.29) is 18.1 Å². The number of rotatable bonds is 6. The minimum absolute atomic E-state index is 0.0453. The topological polar surface area (TPSA) is 63.2 Å². The summed E-state index contributed by atoms with van der Waals surface area (Å²) < 4.78 is 6.66. The Labute approximate surface area is 151 Å². The maximum atomic E-state index is 12.2. The number of methoxy groups -OCH3 is 1. The van der Waals surface area contributed by atoms with Crippen LogP contribution in [0.5, 0.6) is 0 Å². The van der Waals surface area contributed by atoms with E-state index < -0.39 is 0 Å². The van der Waals surface area contributed by atoms with Crippen LogP contribution in [0.1, 0.15) is 29.2 Å². The summed E-state index contributed by atoms with van der Waals surface area (Å²) in [5.74, 6) is 0.0453. The van der Waals surface area contributed by atoms with Crippen molar-refractivity contribution in [1.82, 2.24) is 10.3 Å². The molecule has 3 aromatic rings. The number of ether oxygens (including phenoxy) is 1. The van der Waals surface area contributed by atoms with Crippen LogP contribution in [0.15, 0.2) is 24.3 Å². The van der Waals surface area contributed by atoms with E-state index in [1.54, 1.807) is 14.0 Å². The van der Waals surface area contributed by atoms with Crippen LogP contribution in [-0.2, 0) is 4.74 Å². The fourth-order valence-corrected chi connectivity index (χ4v) is 4.05. The van der Waals surface area contributed by atoms with Crippen molar-refractivity contribution in [3.8, 4) is 0 Å². The quantitative estimate of drug-likeness (QED) is 0.516. The summed E-state index contributed by atoms with van der Waals surface area (Å²) in [6.45, 7) is 5.61. The highest BCUT2D eigenvalue weighted by Gasteiger charge is 2.23. The van der Waals surface area contributed by atoms with E-state index in [0.717, 1.165) is 32.4 Å². The van der Waals surface area contributed by atoms with Gasteiger partial charge in [-0.05, 0) is 39.1 Å². The van der Waals surface area contributed by atoms with Gasteiger partial charge in [-0.25, -0.2) is 0 Å². The van der Waals surface area contributed by atoms with Gasteiger partial charge in [-0.1, -0.05) is 6.07 Å². The Kier molecular flexibility index (Phi) is 5.03. The lowest BCUT2D eigenvalue weighted by molar-refractivity contribution is 0.0978. The molecule has 25 heavy (non-hydrogen) atoms. The second-order valence-electron chi connectivity index (χ2n) is 6.20. The second kappa shape index (κ2) is 7.07. The molecule has 2 heterocycles. The molecule has 6 heteroatoms. The van der Waals surface area contributed by atoms with Gasteiger partial charge in [0.25, 0.3) is 0 Å². The van der Waals surface area contributed by atoms with Gasteiger partial charge in [0.05, 0.1) is 16.1 Å². The van der Waals surface area contributed by atoms with Crippen LogP contribution in [0.4, 0.5) is 5.69 Å². The summed E-state index contributed by atoms with van der Waals surface area (Å²) in [5, 5.41) is 8.70. The molecule has 0 aliphatic rings. The van der Waals surface area contributed by atoms with Crippen molar-refractivity contribution in [1.29, 1.82) is 0 Å². The van der Waals surface area contributed by atoms with Crippen LogP contribution in [0.2, 0.25) is 0 Å². The molecule has 2 aromatic heterocycles. The Morgan fingerprint density at radius 3 is 2.68 bits per heavy atom. The molecule has 2 unspecified atom stereocenters. The molecule has 5 nitrogen and oxygen atoms in total. The first-order valence-electron chi connectivity index (χ1n) is 8.26. The highest BCUT2D eigenvalue weighted by atomic mass is 32.1. The number of pyridine rings is 1. The molecule has 1 aromatic carbocycles. The number of aryl methyl sites for hydroxylation is 1. The maximum Gasteiger partial charge on any atom is 0.171 e. The molecular weight excluding hydrogens is 334 g/mol. The van der Waals surface area contributed by atoms with Crippen molar-refractivity contribution in [3.63, 3.8) is 0 Å². The average Bonchev–Trinajstić information content (AvgIpc) is 2.97. The zero-order valence-electron chi connectivity index (χ0n) is 15.1. The summed E-state index contributed by atoms with van der Waals surface area (Å²) in [6, 6.07) is 8.20. The van der Waals surface area contributed by atoms with E-state index in [2.05, 4.69) is 21.7 Å². The van der Waals surface area contributed by atoms with Crippen LogP contribution in [0.25, 0.3) is 21.0 Å². The number of aromatic nitrogens is 1. The van der Waals surface area contributed by atoms with Crippen LogP contribution in [0, 0.1) is 6.92 Å².